The van der Waals surface area contributed by atoms with Crippen LogP contribution in [-0.4, -0.2) is 47.5 Å². The summed E-state index contributed by atoms with van der Waals surface area (Å²) in [6, 6.07) is 2.85. The molecule has 1 aliphatic heterocycles. The Morgan fingerprint density at radius 3 is 2.41 bits per heavy atom. The van der Waals surface area contributed by atoms with Crippen molar-refractivity contribution in [2.75, 3.05) is 6.54 Å². The van der Waals surface area contributed by atoms with Crippen LogP contribution in [0.4, 0.5) is 0 Å². The summed E-state index contributed by atoms with van der Waals surface area (Å²) >= 11 is 0. The van der Waals surface area contributed by atoms with Crippen molar-refractivity contribution < 1.29 is 29.3 Å². The van der Waals surface area contributed by atoms with Gasteiger partial charge in [-0.2, -0.15) is 0 Å². The van der Waals surface area contributed by atoms with Gasteiger partial charge in [0.15, 0.2) is 18.8 Å². The maximum absolute atomic E-state index is 10.9. The fourth-order valence-corrected chi connectivity index (χ4v) is 1.80. The molecule has 0 aromatic heterocycles. The number of nitrogens with zero attached hydrogens (tertiary/aromatic N) is 1. The van der Waals surface area contributed by atoms with E-state index in [2.05, 4.69) is 16.3 Å². The van der Waals surface area contributed by atoms with Crippen molar-refractivity contribution >= 4 is 30.7 Å². The second-order valence-electron chi connectivity index (χ2n) is 4.31. The number of ether oxygens (including phenoxy) is 1. The molecule has 0 saturated heterocycles. The number of carboxylic acid groups (broad SMARTS) is 2. The van der Waals surface area contributed by atoms with Gasteiger partial charge in [-0.3, -0.25) is 9.79 Å². The molecule has 0 aliphatic carbocycles. The topological polar surface area (TPSA) is 113 Å². The summed E-state index contributed by atoms with van der Waals surface area (Å²) in [4.78, 5) is 35.2. The molecule has 1 heterocycles. The quantitative estimate of drug-likeness (QED) is 0.818. The first-order valence-electron chi connectivity index (χ1n) is 6.24. The molecule has 0 spiro atoms. The van der Waals surface area contributed by atoms with E-state index in [-0.39, 0.29) is 22.8 Å². The second-order valence-corrected chi connectivity index (χ2v) is 4.31. The third-order valence-electron chi connectivity index (χ3n) is 2.85. The minimum Gasteiger partial charge on any atom is -0.478 e. The lowest BCUT2D eigenvalue weighted by Crippen LogP contribution is -2.10. The molecule has 1 atom stereocenters. The Hall–Kier alpha value is -2.96. The molecular weight excluding hydrogens is 290 g/mol. The monoisotopic (exact) mass is 305 g/mol. The molecule has 0 saturated carbocycles. The number of hydrogen-bond acceptors (Lipinski definition) is 5. The third kappa shape index (κ3) is 4.02. The lowest BCUT2D eigenvalue weighted by Gasteiger charge is -2.08. The van der Waals surface area contributed by atoms with E-state index in [1.165, 1.54) is 24.6 Å². The Kier molecular flexibility index (Phi) is 6.00. The number of benzene rings is 1. The number of aldehydes is 1. The van der Waals surface area contributed by atoms with Crippen molar-refractivity contribution in [1.82, 2.24) is 0 Å². The van der Waals surface area contributed by atoms with Gasteiger partial charge >= 0.3 is 11.9 Å². The molecule has 7 heteroatoms. The van der Waals surface area contributed by atoms with Gasteiger partial charge in [-0.15, -0.1) is 0 Å². The van der Waals surface area contributed by atoms with Gasteiger partial charge in [-0.25, -0.2) is 9.59 Å². The summed E-state index contributed by atoms with van der Waals surface area (Å²) in [5.41, 5.74) is 0.607. The Balaban J connectivity index is 0.000000287. The molecule has 1 unspecified atom stereocenters. The van der Waals surface area contributed by atoms with E-state index in [0.717, 1.165) is 6.29 Å². The Bertz CT molecular complexity index is 627. The zero-order valence-electron chi connectivity index (χ0n) is 11.9. The number of carbonyl (C=O) groups excluding carboxylic acids is 1. The Morgan fingerprint density at radius 2 is 2.05 bits per heavy atom. The molecule has 2 N–H and O–H groups in total. The highest BCUT2D eigenvalue weighted by atomic mass is 16.5. The van der Waals surface area contributed by atoms with Gasteiger partial charge in [0.1, 0.15) is 0 Å². The van der Waals surface area contributed by atoms with E-state index in [1.54, 1.807) is 6.92 Å². The number of carbonyl (C=O) groups is 3. The number of rotatable bonds is 4. The molecule has 0 fully saturated rings. The molecule has 1 aliphatic rings. The van der Waals surface area contributed by atoms with E-state index in [0.29, 0.717) is 12.1 Å². The van der Waals surface area contributed by atoms with Crippen molar-refractivity contribution in [3.8, 4) is 0 Å². The number of hydrogen-bond donors (Lipinski definition) is 2. The number of aryl methyl sites for hydroxylation is 1. The van der Waals surface area contributed by atoms with E-state index >= 15 is 0 Å². The minimum absolute atomic E-state index is 0.00935. The molecule has 1 aromatic rings. The Morgan fingerprint density at radius 1 is 1.36 bits per heavy atom. The van der Waals surface area contributed by atoms with Crippen LogP contribution in [0, 0.1) is 6.92 Å². The van der Waals surface area contributed by atoms with Gasteiger partial charge in [0.2, 0.25) is 0 Å². The lowest BCUT2D eigenvalue weighted by molar-refractivity contribution is -0.113. The smallest absolute Gasteiger partial charge is 0.336 e. The zero-order chi connectivity index (χ0) is 16.7. The van der Waals surface area contributed by atoms with Crippen LogP contribution >= 0.6 is 0 Å². The normalized spacial score (nSPS) is 15.2. The van der Waals surface area contributed by atoms with Crippen LogP contribution in [0.25, 0.3) is 6.08 Å². The third-order valence-corrected chi connectivity index (χ3v) is 2.85. The van der Waals surface area contributed by atoms with Crippen molar-refractivity contribution in [3.05, 3.63) is 41.0 Å². The van der Waals surface area contributed by atoms with E-state index < -0.39 is 11.9 Å². The summed E-state index contributed by atoms with van der Waals surface area (Å²) in [5, 5.41) is 17.8. The molecule has 0 radical (unpaired) electrons. The number of carboxylic acids is 2. The van der Waals surface area contributed by atoms with Crippen LogP contribution in [-0.2, 0) is 9.53 Å². The highest BCUT2D eigenvalue weighted by Gasteiger charge is 2.18. The van der Waals surface area contributed by atoms with Crippen LogP contribution in [0.15, 0.2) is 23.7 Å². The first-order valence-corrected chi connectivity index (χ1v) is 6.24. The summed E-state index contributed by atoms with van der Waals surface area (Å²) in [5.74, 6) is -2.31. The minimum atomic E-state index is -1.16. The summed E-state index contributed by atoms with van der Waals surface area (Å²) in [6.07, 6.45) is 2.99. The van der Waals surface area contributed by atoms with Crippen LogP contribution in [0.2, 0.25) is 0 Å². The first-order chi connectivity index (χ1) is 10.4. The summed E-state index contributed by atoms with van der Waals surface area (Å²) in [6.45, 7) is 5.53. The standard InChI is InChI=1S/C11H10O4.C4H5NO2/c1-3-7-8(10(12)13)5-4-6(2)9(7)11(14)15;6-2-4-1-5-3-7-4/h3-5H,1H2,2H3,(H,12,13)(H,14,15);2-4H,1H2. The Labute approximate surface area is 126 Å². The summed E-state index contributed by atoms with van der Waals surface area (Å²) < 4.78 is 4.64. The lowest BCUT2D eigenvalue weighted by atomic mass is 9.96. The van der Waals surface area contributed by atoms with Crippen molar-refractivity contribution in [3.63, 3.8) is 0 Å². The first kappa shape index (κ1) is 17.1. The second kappa shape index (κ2) is 7.72. The maximum atomic E-state index is 10.9. The average molecular weight is 305 g/mol. The molecule has 116 valence electrons. The predicted octanol–water partition coefficient (Wildman–Crippen LogP) is 1.65. The van der Waals surface area contributed by atoms with Crippen LogP contribution in [0.3, 0.4) is 0 Å². The molecule has 0 bridgehead atoms. The molecule has 2 rings (SSSR count). The number of aromatic carboxylic acids is 2. The molecule has 22 heavy (non-hydrogen) atoms. The van der Waals surface area contributed by atoms with Gasteiger partial charge in [0.05, 0.1) is 17.7 Å². The fraction of sp³-hybridized carbons (Fsp3) is 0.200. The van der Waals surface area contributed by atoms with Gasteiger partial charge in [-0.1, -0.05) is 18.7 Å². The van der Waals surface area contributed by atoms with Crippen LogP contribution < -0.4 is 0 Å². The maximum Gasteiger partial charge on any atom is 0.336 e. The zero-order valence-corrected chi connectivity index (χ0v) is 11.9. The van der Waals surface area contributed by atoms with Gasteiger partial charge in [-0.05, 0) is 18.6 Å². The highest BCUT2D eigenvalue weighted by molar-refractivity contribution is 6.01. The van der Waals surface area contributed by atoms with Crippen LogP contribution in [0.1, 0.15) is 31.8 Å². The average Bonchev–Trinajstić information content (AvgIpc) is 3.00. The molecule has 1 aromatic carbocycles. The van der Waals surface area contributed by atoms with Crippen molar-refractivity contribution in [2.45, 2.75) is 13.0 Å². The predicted molar refractivity (Wildman–Crippen MR) is 79.5 cm³/mol. The van der Waals surface area contributed by atoms with E-state index in [1.807, 2.05) is 0 Å². The SMILES string of the molecule is C=Cc1c(C(=O)O)ccc(C)c1C(=O)O.O=CC1CN=CO1. The molecule has 7 nitrogen and oxygen atoms in total. The van der Waals surface area contributed by atoms with E-state index in [4.69, 9.17) is 10.2 Å². The molecule has 0 amide bonds. The van der Waals surface area contributed by atoms with Crippen LogP contribution in [0.5, 0.6) is 0 Å². The van der Waals surface area contributed by atoms with Crippen molar-refractivity contribution in [1.29, 1.82) is 0 Å². The fourth-order valence-electron chi connectivity index (χ4n) is 1.80. The highest BCUT2D eigenvalue weighted by Crippen LogP contribution is 2.20. The summed E-state index contributed by atoms with van der Waals surface area (Å²) in [7, 11) is 0. The van der Waals surface area contributed by atoms with Gasteiger partial charge in [0.25, 0.3) is 0 Å². The van der Waals surface area contributed by atoms with E-state index in [9.17, 15) is 14.4 Å². The van der Waals surface area contributed by atoms with Gasteiger partial charge in [0, 0.05) is 5.56 Å². The largest absolute Gasteiger partial charge is 0.478 e. The van der Waals surface area contributed by atoms with Gasteiger partial charge < -0.3 is 14.9 Å². The molecular formula is C15H15NO6. The number of aliphatic imine (C=N–C) groups is 1. The van der Waals surface area contributed by atoms with Crippen molar-refractivity contribution in [2.24, 2.45) is 4.99 Å².